The van der Waals surface area contributed by atoms with Crippen LogP contribution in [0.4, 0.5) is 0 Å². The van der Waals surface area contributed by atoms with Gasteiger partial charge >= 0.3 is 0 Å². The van der Waals surface area contributed by atoms with Gasteiger partial charge < -0.3 is 22.3 Å². The zero-order chi connectivity index (χ0) is 9.78. The maximum Gasteiger partial charge on any atom is 0.0937 e. The molecule has 0 saturated carbocycles. The standard InChI is InChI=1S/C8H17N3O/c1-8(2,5-12)6(4-9)3-7(10)11/h3-4,12H,5,9-11H2,1-2H3/b6-4+. The van der Waals surface area contributed by atoms with Crippen LogP contribution in [0.25, 0.3) is 0 Å². The third-order valence-corrected chi connectivity index (χ3v) is 1.68. The summed E-state index contributed by atoms with van der Waals surface area (Å²) in [6.45, 7) is 3.70. The Morgan fingerprint density at radius 3 is 2.17 bits per heavy atom. The van der Waals surface area contributed by atoms with Crippen LogP contribution in [0.1, 0.15) is 13.8 Å². The molecule has 0 rings (SSSR count). The van der Waals surface area contributed by atoms with E-state index in [1.165, 1.54) is 6.20 Å². The summed E-state index contributed by atoms with van der Waals surface area (Å²) in [5, 5.41) is 9.00. The molecule has 4 heteroatoms. The molecule has 0 amide bonds. The monoisotopic (exact) mass is 171 g/mol. The molecule has 0 aromatic carbocycles. The first-order chi connectivity index (χ1) is 5.44. The molecule has 0 radical (unpaired) electrons. The van der Waals surface area contributed by atoms with E-state index in [1.807, 2.05) is 13.8 Å². The molecule has 0 aromatic heterocycles. The van der Waals surface area contributed by atoms with Crippen LogP contribution in [0.3, 0.4) is 0 Å². The Kier molecular flexibility index (Phi) is 3.63. The second-order valence-electron chi connectivity index (χ2n) is 3.31. The van der Waals surface area contributed by atoms with E-state index in [0.29, 0.717) is 0 Å². The van der Waals surface area contributed by atoms with Gasteiger partial charge in [-0.25, -0.2) is 0 Å². The van der Waals surface area contributed by atoms with Crippen molar-refractivity contribution in [3.05, 3.63) is 23.7 Å². The summed E-state index contributed by atoms with van der Waals surface area (Å²) in [6, 6.07) is 0. The highest BCUT2D eigenvalue weighted by molar-refractivity contribution is 5.26. The lowest BCUT2D eigenvalue weighted by atomic mass is 9.85. The summed E-state index contributed by atoms with van der Waals surface area (Å²) in [4.78, 5) is 0. The maximum absolute atomic E-state index is 9.00. The van der Waals surface area contributed by atoms with E-state index >= 15 is 0 Å². The third kappa shape index (κ3) is 2.84. The second kappa shape index (κ2) is 4.01. The van der Waals surface area contributed by atoms with Crippen LogP contribution in [-0.2, 0) is 0 Å². The fourth-order valence-electron chi connectivity index (χ4n) is 0.740. The molecular formula is C8H17N3O. The molecule has 4 nitrogen and oxygen atoms in total. The van der Waals surface area contributed by atoms with Crippen LogP contribution >= 0.6 is 0 Å². The lowest BCUT2D eigenvalue weighted by Gasteiger charge is -2.22. The Bertz CT molecular complexity index is 202. The van der Waals surface area contributed by atoms with E-state index in [-0.39, 0.29) is 12.4 Å². The molecule has 12 heavy (non-hydrogen) atoms. The summed E-state index contributed by atoms with van der Waals surface area (Å²) in [5.41, 5.74) is 16.2. The molecule has 0 heterocycles. The minimum Gasteiger partial charge on any atom is -0.404 e. The van der Waals surface area contributed by atoms with Crippen molar-refractivity contribution in [1.82, 2.24) is 0 Å². The van der Waals surface area contributed by atoms with Gasteiger partial charge in [0.05, 0.1) is 12.4 Å². The minimum absolute atomic E-state index is 0.000185. The second-order valence-corrected chi connectivity index (χ2v) is 3.31. The van der Waals surface area contributed by atoms with Crippen molar-refractivity contribution >= 4 is 0 Å². The molecule has 0 atom stereocenters. The van der Waals surface area contributed by atoms with Gasteiger partial charge in [0.15, 0.2) is 0 Å². The van der Waals surface area contributed by atoms with E-state index in [1.54, 1.807) is 6.08 Å². The molecule has 7 N–H and O–H groups in total. The van der Waals surface area contributed by atoms with E-state index < -0.39 is 5.41 Å². The summed E-state index contributed by atoms with van der Waals surface area (Å²) in [7, 11) is 0. The van der Waals surface area contributed by atoms with Gasteiger partial charge in [-0.1, -0.05) is 13.8 Å². The number of allylic oxidation sites excluding steroid dienone is 1. The first-order valence-corrected chi connectivity index (χ1v) is 3.70. The summed E-state index contributed by atoms with van der Waals surface area (Å²) < 4.78 is 0. The quantitative estimate of drug-likeness (QED) is 0.434. The summed E-state index contributed by atoms with van der Waals surface area (Å²) in [5.74, 6) is 0.188. The highest BCUT2D eigenvalue weighted by Gasteiger charge is 2.20. The smallest absolute Gasteiger partial charge is 0.0937 e. The Morgan fingerprint density at radius 1 is 1.42 bits per heavy atom. The van der Waals surface area contributed by atoms with Crippen molar-refractivity contribution in [2.75, 3.05) is 6.61 Å². The Hall–Kier alpha value is -1.16. The van der Waals surface area contributed by atoms with Crippen molar-refractivity contribution < 1.29 is 5.11 Å². The first-order valence-electron chi connectivity index (χ1n) is 3.70. The molecule has 0 aromatic rings. The van der Waals surface area contributed by atoms with Gasteiger partial charge in [0.1, 0.15) is 0 Å². The van der Waals surface area contributed by atoms with Gasteiger partial charge in [0, 0.05) is 5.41 Å². The van der Waals surface area contributed by atoms with Crippen LogP contribution in [-0.4, -0.2) is 11.7 Å². The van der Waals surface area contributed by atoms with Gasteiger partial charge in [-0.2, -0.15) is 0 Å². The van der Waals surface area contributed by atoms with E-state index in [9.17, 15) is 0 Å². The Balaban J connectivity index is 4.71. The molecule has 0 saturated heterocycles. The van der Waals surface area contributed by atoms with E-state index in [0.717, 1.165) is 5.57 Å². The van der Waals surface area contributed by atoms with E-state index in [4.69, 9.17) is 22.3 Å². The fourth-order valence-corrected chi connectivity index (χ4v) is 0.740. The van der Waals surface area contributed by atoms with Gasteiger partial charge in [-0.15, -0.1) is 0 Å². The zero-order valence-corrected chi connectivity index (χ0v) is 7.54. The number of hydrogen-bond donors (Lipinski definition) is 4. The lowest BCUT2D eigenvalue weighted by Crippen LogP contribution is -2.21. The molecule has 0 fully saturated rings. The summed E-state index contributed by atoms with van der Waals surface area (Å²) >= 11 is 0. The first kappa shape index (κ1) is 10.8. The van der Waals surface area contributed by atoms with Crippen LogP contribution < -0.4 is 17.2 Å². The van der Waals surface area contributed by atoms with Gasteiger partial charge in [0.2, 0.25) is 0 Å². The molecule has 70 valence electrons. The molecule has 0 aliphatic carbocycles. The number of nitrogens with two attached hydrogens (primary N) is 3. The Morgan fingerprint density at radius 2 is 1.92 bits per heavy atom. The largest absolute Gasteiger partial charge is 0.404 e. The van der Waals surface area contributed by atoms with Crippen molar-refractivity contribution in [1.29, 1.82) is 0 Å². The fraction of sp³-hybridized carbons (Fsp3) is 0.500. The topological polar surface area (TPSA) is 98.3 Å². The van der Waals surface area contributed by atoms with Gasteiger partial charge in [-0.05, 0) is 17.8 Å². The van der Waals surface area contributed by atoms with Crippen LogP contribution in [0.2, 0.25) is 0 Å². The zero-order valence-electron chi connectivity index (χ0n) is 7.54. The molecule has 0 spiro atoms. The number of aliphatic hydroxyl groups is 1. The van der Waals surface area contributed by atoms with Crippen molar-refractivity contribution in [3.63, 3.8) is 0 Å². The lowest BCUT2D eigenvalue weighted by molar-refractivity contribution is 0.192. The number of rotatable bonds is 3. The van der Waals surface area contributed by atoms with Crippen molar-refractivity contribution in [3.8, 4) is 0 Å². The van der Waals surface area contributed by atoms with Crippen LogP contribution in [0.5, 0.6) is 0 Å². The maximum atomic E-state index is 9.00. The highest BCUT2D eigenvalue weighted by atomic mass is 16.3. The predicted molar refractivity (Wildman–Crippen MR) is 49.6 cm³/mol. The molecule has 0 aliphatic heterocycles. The molecule has 0 aliphatic rings. The number of aliphatic hydroxyl groups excluding tert-OH is 1. The minimum atomic E-state index is -0.404. The average molecular weight is 171 g/mol. The van der Waals surface area contributed by atoms with Crippen molar-refractivity contribution in [2.45, 2.75) is 13.8 Å². The Labute approximate surface area is 72.7 Å². The van der Waals surface area contributed by atoms with Crippen molar-refractivity contribution in [2.24, 2.45) is 22.6 Å². The average Bonchev–Trinajstić information content (AvgIpc) is 1.99. The highest BCUT2D eigenvalue weighted by Crippen LogP contribution is 2.25. The normalized spacial score (nSPS) is 12.8. The molecular weight excluding hydrogens is 154 g/mol. The third-order valence-electron chi connectivity index (χ3n) is 1.68. The summed E-state index contributed by atoms with van der Waals surface area (Å²) in [6.07, 6.45) is 2.95. The van der Waals surface area contributed by atoms with Gasteiger partial charge in [-0.3, -0.25) is 0 Å². The molecule has 0 unspecified atom stereocenters. The predicted octanol–water partition coefficient (Wildman–Crippen LogP) is -0.394. The van der Waals surface area contributed by atoms with Gasteiger partial charge in [0.25, 0.3) is 0 Å². The van der Waals surface area contributed by atoms with E-state index in [2.05, 4.69) is 0 Å². The van der Waals surface area contributed by atoms with Crippen LogP contribution in [0, 0.1) is 5.41 Å². The SMILES string of the molecule is CC(C)(CO)/C(C=C(N)N)=C/N. The van der Waals surface area contributed by atoms with Crippen LogP contribution in [0.15, 0.2) is 23.7 Å². The molecule has 0 bridgehead atoms. The number of hydrogen-bond acceptors (Lipinski definition) is 4.